The van der Waals surface area contributed by atoms with Crippen LogP contribution in [0.25, 0.3) is 0 Å². The number of pyridine rings is 1. The Morgan fingerprint density at radius 1 is 1.43 bits per heavy atom. The zero-order chi connectivity index (χ0) is 15.2. The fraction of sp³-hybridized carbons (Fsp3) is 0.333. The summed E-state index contributed by atoms with van der Waals surface area (Å²) >= 11 is 1.64. The SMILES string of the molecule is CC(NC(=O)NCc1ccnc(N(C)C)c1)c1cccs1. The van der Waals surface area contributed by atoms with Crippen molar-refractivity contribution in [2.24, 2.45) is 0 Å². The topological polar surface area (TPSA) is 57.3 Å². The highest BCUT2D eigenvalue weighted by molar-refractivity contribution is 7.10. The van der Waals surface area contributed by atoms with E-state index in [1.165, 1.54) is 0 Å². The van der Waals surface area contributed by atoms with Gasteiger partial charge in [0.25, 0.3) is 0 Å². The third-order valence-electron chi connectivity index (χ3n) is 3.04. The van der Waals surface area contributed by atoms with E-state index in [0.29, 0.717) is 6.54 Å². The van der Waals surface area contributed by atoms with Gasteiger partial charge in [0.1, 0.15) is 5.82 Å². The third-order valence-corrected chi connectivity index (χ3v) is 4.09. The standard InChI is InChI=1S/C15H20N4OS/c1-11(13-5-4-8-21-13)18-15(20)17-10-12-6-7-16-14(9-12)19(2)3/h4-9,11H,10H2,1-3H3,(H2,17,18,20). The maximum absolute atomic E-state index is 11.9. The molecule has 0 aliphatic heterocycles. The molecule has 2 aromatic heterocycles. The zero-order valence-electron chi connectivity index (χ0n) is 12.5. The van der Waals surface area contributed by atoms with Crippen molar-refractivity contribution in [3.05, 3.63) is 46.3 Å². The number of rotatable bonds is 5. The molecule has 0 aromatic carbocycles. The smallest absolute Gasteiger partial charge is 0.315 e. The zero-order valence-corrected chi connectivity index (χ0v) is 13.3. The molecule has 2 aromatic rings. The minimum atomic E-state index is -0.167. The summed E-state index contributed by atoms with van der Waals surface area (Å²) < 4.78 is 0. The second-order valence-electron chi connectivity index (χ2n) is 4.98. The molecule has 2 N–H and O–H groups in total. The summed E-state index contributed by atoms with van der Waals surface area (Å²) in [5, 5.41) is 7.80. The number of nitrogens with one attached hydrogen (secondary N) is 2. The summed E-state index contributed by atoms with van der Waals surface area (Å²) in [6.07, 6.45) is 1.75. The number of carbonyl (C=O) groups is 1. The van der Waals surface area contributed by atoms with Crippen molar-refractivity contribution in [3.8, 4) is 0 Å². The number of urea groups is 1. The molecule has 5 nitrogen and oxygen atoms in total. The van der Waals surface area contributed by atoms with Gasteiger partial charge in [0, 0.05) is 31.7 Å². The molecule has 1 atom stereocenters. The molecular formula is C15H20N4OS. The van der Waals surface area contributed by atoms with Crippen LogP contribution in [0.2, 0.25) is 0 Å². The molecule has 6 heteroatoms. The van der Waals surface area contributed by atoms with Crippen molar-refractivity contribution in [1.82, 2.24) is 15.6 Å². The lowest BCUT2D eigenvalue weighted by atomic mass is 10.2. The van der Waals surface area contributed by atoms with Crippen LogP contribution in [0.5, 0.6) is 0 Å². The molecule has 0 saturated heterocycles. The average Bonchev–Trinajstić information content (AvgIpc) is 2.99. The van der Waals surface area contributed by atoms with Crippen LogP contribution >= 0.6 is 11.3 Å². The van der Waals surface area contributed by atoms with Gasteiger partial charge >= 0.3 is 6.03 Å². The van der Waals surface area contributed by atoms with Crippen LogP contribution in [-0.4, -0.2) is 25.1 Å². The molecule has 2 heterocycles. The number of carbonyl (C=O) groups excluding carboxylic acids is 1. The molecule has 1 unspecified atom stereocenters. The van der Waals surface area contributed by atoms with E-state index < -0.39 is 0 Å². The maximum Gasteiger partial charge on any atom is 0.315 e. The Morgan fingerprint density at radius 3 is 2.90 bits per heavy atom. The normalized spacial score (nSPS) is 11.8. The van der Waals surface area contributed by atoms with Gasteiger partial charge in [0.15, 0.2) is 0 Å². The lowest BCUT2D eigenvalue weighted by molar-refractivity contribution is 0.237. The fourth-order valence-electron chi connectivity index (χ4n) is 1.85. The van der Waals surface area contributed by atoms with Gasteiger partial charge in [-0.3, -0.25) is 0 Å². The lowest BCUT2D eigenvalue weighted by Gasteiger charge is -2.14. The highest BCUT2D eigenvalue weighted by Gasteiger charge is 2.09. The summed E-state index contributed by atoms with van der Waals surface area (Å²) in [5.41, 5.74) is 1.02. The van der Waals surface area contributed by atoms with Crippen molar-refractivity contribution >= 4 is 23.2 Å². The van der Waals surface area contributed by atoms with Gasteiger partial charge in [-0.2, -0.15) is 0 Å². The molecule has 0 aliphatic carbocycles. The largest absolute Gasteiger partial charge is 0.363 e. The highest BCUT2D eigenvalue weighted by atomic mass is 32.1. The summed E-state index contributed by atoms with van der Waals surface area (Å²) in [6, 6.07) is 7.70. The molecule has 112 valence electrons. The van der Waals surface area contributed by atoms with Gasteiger partial charge in [-0.15, -0.1) is 11.3 Å². The van der Waals surface area contributed by atoms with Gasteiger partial charge in [-0.25, -0.2) is 9.78 Å². The summed E-state index contributed by atoms with van der Waals surface area (Å²) in [6.45, 7) is 2.45. The first-order valence-electron chi connectivity index (χ1n) is 6.76. The molecule has 0 spiro atoms. The Kier molecular flexibility index (Phi) is 5.16. The average molecular weight is 304 g/mol. The van der Waals surface area contributed by atoms with Crippen LogP contribution in [0.4, 0.5) is 10.6 Å². The predicted molar refractivity (Wildman–Crippen MR) is 86.7 cm³/mol. The highest BCUT2D eigenvalue weighted by Crippen LogP contribution is 2.17. The van der Waals surface area contributed by atoms with Gasteiger partial charge < -0.3 is 15.5 Å². The summed E-state index contributed by atoms with van der Waals surface area (Å²) in [5.74, 6) is 0.877. The monoisotopic (exact) mass is 304 g/mol. The van der Waals surface area contributed by atoms with E-state index in [-0.39, 0.29) is 12.1 Å². The molecule has 0 bridgehead atoms. The summed E-state index contributed by atoms with van der Waals surface area (Å²) in [4.78, 5) is 19.2. The predicted octanol–water partition coefficient (Wildman–Crippen LogP) is 2.77. The minimum absolute atomic E-state index is 0.0137. The number of thiophene rings is 1. The third kappa shape index (κ3) is 4.46. The minimum Gasteiger partial charge on any atom is -0.363 e. The summed E-state index contributed by atoms with van der Waals surface area (Å²) in [7, 11) is 3.88. The number of aromatic nitrogens is 1. The van der Waals surface area contributed by atoms with E-state index in [1.54, 1.807) is 17.5 Å². The van der Waals surface area contributed by atoms with E-state index in [1.807, 2.05) is 55.6 Å². The van der Waals surface area contributed by atoms with Crippen molar-refractivity contribution in [2.45, 2.75) is 19.5 Å². The van der Waals surface area contributed by atoms with Crippen molar-refractivity contribution in [2.75, 3.05) is 19.0 Å². The number of nitrogens with zero attached hydrogens (tertiary/aromatic N) is 2. The van der Waals surface area contributed by atoms with Crippen LogP contribution in [0.15, 0.2) is 35.8 Å². The van der Waals surface area contributed by atoms with Gasteiger partial charge in [-0.1, -0.05) is 6.07 Å². The Hall–Kier alpha value is -2.08. The molecule has 0 radical (unpaired) electrons. The fourth-order valence-corrected chi connectivity index (χ4v) is 2.59. The number of amides is 2. The molecule has 0 aliphatic rings. The van der Waals surface area contributed by atoms with Crippen molar-refractivity contribution < 1.29 is 4.79 Å². The Morgan fingerprint density at radius 2 is 2.24 bits per heavy atom. The van der Waals surface area contributed by atoms with Crippen molar-refractivity contribution in [3.63, 3.8) is 0 Å². The van der Waals surface area contributed by atoms with Crippen LogP contribution in [0, 0.1) is 0 Å². The number of hydrogen-bond acceptors (Lipinski definition) is 4. The van der Waals surface area contributed by atoms with E-state index >= 15 is 0 Å². The van der Waals surface area contributed by atoms with E-state index in [4.69, 9.17) is 0 Å². The Balaban J connectivity index is 1.85. The number of hydrogen-bond donors (Lipinski definition) is 2. The second-order valence-corrected chi connectivity index (χ2v) is 5.96. The second kappa shape index (κ2) is 7.08. The first-order chi connectivity index (χ1) is 10.1. The van der Waals surface area contributed by atoms with Crippen molar-refractivity contribution in [1.29, 1.82) is 0 Å². The molecule has 0 fully saturated rings. The maximum atomic E-state index is 11.9. The van der Waals surface area contributed by atoms with Crippen LogP contribution < -0.4 is 15.5 Å². The van der Waals surface area contributed by atoms with Gasteiger partial charge in [0.2, 0.25) is 0 Å². The molecule has 21 heavy (non-hydrogen) atoms. The van der Waals surface area contributed by atoms with E-state index in [9.17, 15) is 4.79 Å². The first-order valence-corrected chi connectivity index (χ1v) is 7.64. The Labute approximate surface area is 129 Å². The molecule has 0 saturated carbocycles. The van der Waals surface area contributed by atoms with E-state index in [0.717, 1.165) is 16.3 Å². The molecule has 2 amide bonds. The van der Waals surface area contributed by atoms with Crippen LogP contribution in [0.3, 0.4) is 0 Å². The van der Waals surface area contributed by atoms with Gasteiger partial charge in [0.05, 0.1) is 6.04 Å². The van der Waals surface area contributed by atoms with E-state index in [2.05, 4.69) is 15.6 Å². The number of anilines is 1. The first kappa shape index (κ1) is 15.3. The Bertz CT molecular complexity index is 583. The lowest BCUT2D eigenvalue weighted by Crippen LogP contribution is -2.36. The molecule has 2 rings (SSSR count). The molecular weight excluding hydrogens is 284 g/mol. The quantitative estimate of drug-likeness (QED) is 0.893. The van der Waals surface area contributed by atoms with Crippen LogP contribution in [0.1, 0.15) is 23.4 Å². The van der Waals surface area contributed by atoms with Crippen LogP contribution in [-0.2, 0) is 6.54 Å². The van der Waals surface area contributed by atoms with Gasteiger partial charge in [-0.05, 0) is 36.1 Å².